The van der Waals surface area contributed by atoms with E-state index >= 15 is 0 Å². The number of halogens is 2. The van der Waals surface area contributed by atoms with Crippen LogP contribution in [0, 0.1) is 29.9 Å². The number of aromatic nitrogens is 1. The Hall–Kier alpha value is -2.99. The smallest absolute Gasteiger partial charge is 0.243 e. The van der Waals surface area contributed by atoms with Crippen molar-refractivity contribution in [1.82, 2.24) is 10.3 Å². The molecule has 0 saturated carbocycles. The zero-order valence-electron chi connectivity index (χ0n) is 15.6. The van der Waals surface area contributed by atoms with Gasteiger partial charge in [0, 0.05) is 17.4 Å². The molecule has 3 rings (SSSR count). The summed E-state index contributed by atoms with van der Waals surface area (Å²) < 4.78 is 26.0. The zero-order chi connectivity index (χ0) is 21.0. The number of hydrogen-bond donors (Lipinski definition) is 2. The van der Waals surface area contributed by atoms with Gasteiger partial charge in [0.25, 0.3) is 0 Å². The van der Waals surface area contributed by atoms with Gasteiger partial charge in [-0.3, -0.25) is 9.59 Å². The lowest BCUT2D eigenvalue weighted by Crippen LogP contribution is -2.34. The van der Waals surface area contributed by atoms with Crippen LogP contribution in [0.2, 0.25) is 0 Å². The molecule has 1 aromatic carbocycles. The lowest BCUT2D eigenvalue weighted by atomic mass is 10.0. The summed E-state index contributed by atoms with van der Waals surface area (Å²) in [6.07, 6.45) is 2.79. The molecule has 0 spiro atoms. The second-order valence-electron chi connectivity index (χ2n) is 6.55. The number of fused-ring (bicyclic) bond motifs is 1. The fourth-order valence-electron chi connectivity index (χ4n) is 3.12. The highest BCUT2D eigenvalue weighted by atomic mass is 32.2. The van der Waals surface area contributed by atoms with E-state index in [-0.39, 0.29) is 18.0 Å². The van der Waals surface area contributed by atoms with E-state index in [9.17, 15) is 23.6 Å². The highest BCUT2D eigenvalue weighted by Crippen LogP contribution is 2.31. The largest absolute Gasteiger partial charge is 0.346 e. The van der Waals surface area contributed by atoms with Crippen molar-refractivity contribution >= 4 is 29.3 Å². The number of aryl methyl sites for hydroxylation is 1. The van der Waals surface area contributed by atoms with Gasteiger partial charge in [-0.15, -0.1) is 0 Å². The van der Waals surface area contributed by atoms with Crippen LogP contribution in [-0.2, 0) is 22.4 Å². The average molecular weight is 416 g/mol. The topological polar surface area (TPSA) is 94.9 Å². The monoisotopic (exact) mass is 416 g/mol. The van der Waals surface area contributed by atoms with Crippen molar-refractivity contribution in [3.8, 4) is 6.07 Å². The van der Waals surface area contributed by atoms with Crippen LogP contribution in [-0.4, -0.2) is 29.1 Å². The molecule has 1 heterocycles. The van der Waals surface area contributed by atoms with Crippen LogP contribution in [0.1, 0.15) is 28.8 Å². The third-order valence-electron chi connectivity index (χ3n) is 4.57. The normalized spacial score (nSPS) is 12.2. The third kappa shape index (κ3) is 4.90. The summed E-state index contributed by atoms with van der Waals surface area (Å²) in [5.74, 6) is -3.06. The maximum Gasteiger partial charge on any atom is 0.243 e. The van der Waals surface area contributed by atoms with E-state index in [4.69, 9.17) is 0 Å². The number of rotatable bonds is 6. The molecule has 6 nitrogen and oxygen atoms in total. The summed E-state index contributed by atoms with van der Waals surface area (Å²) in [6.45, 7) is 1.58. The second-order valence-corrected chi connectivity index (χ2v) is 7.51. The summed E-state index contributed by atoms with van der Waals surface area (Å²) in [4.78, 5) is 28.5. The van der Waals surface area contributed by atoms with E-state index in [2.05, 4.69) is 21.7 Å². The SMILES string of the molecule is Cc1c(C#N)c(SCC(=O)NCC(=O)Nc2ccc(F)c(F)c2)nc2c1CCC2. The van der Waals surface area contributed by atoms with Crippen molar-refractivity contribution < 1.29 is 18.4 Å². The van der Waals surface area contributed by atoms with E-state index in [0.717, 1.165) is 60.0 Å². The number of benzene rings is 1. The summed E-state index contributed by atoms with van der Waals surface area (Å²) in [5.41, 5.74) is 3.61. The molecule has 0 bridgehead atoms. The maximum atomic E-state index is 13.2. The minimum atomic E-state index is -1.08. The first kappa shape index (κ1) is 20.7. The molecule has 1 aromatic heterocycles. The summed E-state index contributed by atoms with van der Waals surface area (Å²) in [5, 5.41) is 14.8. The molecule has 1 aliphatic rings. The molecule has 9 heteroatoms. The Balaban J connectivity index is 1.53. The number of anilines is 1. The van der Waals surface area contributed by atoms with E-state index in [1.54, 1.807) is 0 Å². The maximum absolute atomic E-state index is 13.2. The first-order valence-corrected chi connectivity index (χ1v) is 9.94. The van der Waals surface area contributed by atoms with Crippen molar-refractivity contribution in [3.05, 3.63) is 52.2 Å². The Morgan fingerprint density at radius 2 is 2.03 bits per heavy atom. The van der Waals surface area contributed by atoms with Crippen LogP contribution in [0.5, 0.6) is 0 Å². The first-order chi connectivity index (χ1) is 13.9. The first-order valence-electron chi connectivity index (χ1n) is 8.96. The van der Waals surface area contributed by atoms with Gasteiger partial charge in [-0.1, -0.05) is 11.8 Å². The molecule has 0 saturated heterocycles. The van der Waals surface area contributed by atoms with Crippen molar-refractivity contribution in [2.75, 3.05) is 17.6 Å². The highest BCUT2D eigenvalue weighted by Gasteiger charge is 2.21. The predicted octanol–water partition coefficient (Wildman–Crippen LogP) is 2.88. The summed E-state index contributed by atoms with van der Waals surface area (Å²) in [6, 6.07) is 5.15. The Labute approximate surface area is 170 Å². The van der Waals surface area contributed by atoms with Crippen LogP contribution < -0.4 is 10.6 Å². The molecule has 1 aliphatic carbocycles. The van der Waals surface area contributed by atoms with Crippen LogP contribution in [0.4, 0.5) is 14.5 Å². The number of thioether (sulfide) groups is 1. The van der Waals surface area contributed by atoms with Gasteiger partial charge in [0.2, 0.25) is 11.8 Å². The number of carbonyl (C=O) groups is 2. The molecule has 2 aromatic rings. The van der Waals surface area contributed by atoms with Gasteiger partial charge in [-0.05, 0) is 49.4 Å². The Morgan fingerprint density at radius 3 is 2.76 bits per heavy atom. The van der Waals surface area contributed by atoms with E-state index in [1.165, 1.54) is 6.07 Å². The molecule has 0 fully saturated rings. The van der Waals surface area contributed by atoms with Crippen LogP contribution in [0.3, 0.4) is 0 Å². The molecule has 150 valence electrons. The van der Waals surface area contributed by atoms with Crippen molar-refractivity contribution in [2.45, 2.75) is 31.2 Å². The summed E-state index contributed by atoms with van der Waals surface area (Å²) >= 11 is 1.15. The highest BCUT2D eigenvalue weighted by molar-refractivity contribution is 8.00. The Kier molecular flexibility index (Phi) is 6.44. The van der Waals surface area contributed by atoms with E-state index < -0.39 is 23.4 Å². The molecule has 0 radical (unpaired) electrons. The number of pyridine rings is 1. The van der Waals surface area contributed by atoms with Crippen molar-refractivity contribution in [2.24, 2.45) is 0 Å². The number of amides is 2. The van der Waals surface area contributed by atoms with E-state index in [0.29, 0.717) is 10.6 Å². The molecule has 0 aliphatic heterocycles. The summed E-state index contributed by atoms with van der Waals surface area (Å²) in [7, 11) is 0. The fourth-order valence-corrected chi connectivity index (χ4v) is 4.01. The quantitative estimate of drug-likeness (QED) is 0.706. The number of hydrogen-bond acceptors (Lipinski definition) is 5. The van der Waals surface area contributed by atoms with Crippen LogP contribution in [0.25, 0.3) is 0 Å². The number of carbonyl (C=O) groups excluding carboxylic acids is 2. The molecule has 0 atom stereocenters. The molecule has 29 heavy (non-hydrogen) atoms. The van der Waals surface area contributed by atoms with Gasteiger partial charge in [0.05, 0.1) is 17.9 Å². The molecular weight excluding hydrogens is 398 g/mol. The minimum absolute atomic E-state index is 0.00162. The van der Waals surface area contributed by atoms with Crippen molar-refractivity contribution in [3.63, 3.8) is 0 Å². The number of nitriles is 1. The lowest BCUT2D eigenvalue weighted by Gasteiger charge is -2.11. The number of nitrogens with zero attached hydrogens (tertiary/aromatic N) is 2. The molecule has 2 N–H and O–H groups in total. The standard InChI is InChI=1S/C20H18F2N4O2S/c1-11-13-3-2-4-17(13)26-20(14(11)8-23)29-10-19(28)24-9-18(27)25-12-5-6-15(21)16(22)7-12/h5-7H,2-4,9-10H2,1H3,(H,24,28)(H,25,27). The molecular formula is C20H18F2N4O2S. The zero-order valence-corrected chi connectivity index (χ0v) is 16.5. The Morgan fingerprint density at radius 1 is 1.24 bits per heavy atom. The van der Waals surface area contributed by atoms with Gasteiger partial charge in [0.1, 0.15) is 11.1 Å². The minimum Gasteiger partial charge on any atom is -0.346 e. The van der Waals surface area contributed by atoms with Gasteiger partial charge < -0.3 is 10.6 Å². The van der Waals surface area contributed by atoms with Crippen LogP contribution >= 0.6 is 11.8 Å². The van der Waals surface area contributed by atoms with Gasteiger partial charge in [-0.25, -0.2) is 13.8 Å². The average Bonchev–Trinajstić information content (AvgIpc) is 3.16. The molecule has 2 amide bonds. The predicted molar refractivity (Wildman–Crippen MR) is 104 cm³/mol. The van der Waals surface area contributed by atoms with Gasteiger partial charge >= 0.3 is 0 Å². The fraction of sp³-hybridized carbons (Fsp3) is 0.300. The van der Waals surface area contributed by atoms with Crippen molar-refractivity contribution in [1.29, 1.82) is 5.26 Å². The second kappa shape index (κ2) is 9.01. The third-order valence-corrected chi connectivity index (χ3v) is 5.54. The number of nitrogens with one attached hydrogen (secondary N) is 2. The molecule has 0 unspecified atom stereocenters. The van der Waals surface area contributed by atoms with Crippen LogP contribution in [0.15, 0.2) is 23.2 Å². The lowest BCUT2D eigenvalue weighted by molar-refractivity contribution is -0.122. The Bertz CT molecular complexity index is 1020. The van der Waals surface area contributed by atoms with E-state index in [1.807, 2.05) is 6.92 Å². The van der Waals surface area contributed by atoms with Gasteiger partial charge in [-0.2, -0.15) is 5.26 Å². The van der Waals surface area contributed by atoms with Gasteiger partial charge in [0.15, 0.2) is 11.6 Å².